The van der Waals surface area contributed by atoms with Crippen LogP contribution in [0.3, 0.4) is 0 Å². The van der Waals surface area contributed by atoms with Crippen LogP contribution in [0.15, 0.2) is 59.6 Å². The monoisotopic (exact) mass is 469 g/mol. The van der Waals surface area contributed by atoms with Gasteiger partial charge in [-0.2, -0.15) is 0 Å². The van der Waals surface area contributed by atoms with E-state index in [1.54, 1.807) is 19.2 Å². The van der Waals surface area contributed by atoms with Gasteiger partial charge in [-0.05, 0) is 42.7 Å². The zero-order valence-corrected chi connectivity index (χ0v) is 17.7. The van der Waals surface area contributed by atoms with E-state index >= 15 is 0 Å². The first-order valence-electron chi connectivity index (χ1n) is 8.56. The zero-order valence-electron chi connectivity index (χ0n) is 15.4. The van der Waals surface area contributed by atoms with Gasteiger partial charge in [-0.25, -0.2) is 0 Å². The van der Waals surface area contributed by atoms with Crippen molar-refractivity contribution >= 4 is 29.9 Å². The van der Waals surface area contributed by atoms with Crippen LogP contribution >= 0.6 is 24.0 Å². The highest BCUT2D eigenvalue weighted by Crippen LogP contribution is 2.11. The number of nitrogens with one attached hydrogen (secondary N) is 1. The molecular formula is C20H28IN3O2. The van der Waals surface area contributed by atoms with Gasteiger partial charge in [-0.15, -0.1) is 24.0 Å². The van der Waals surface area contributed by atoms with Crippen molar-refractivity contribution < 1.29 is 9.84 Å². The van der Waals surface area contributed by atoms with Gasteiger partial charge in [0.25, 0.3) is 0 Å². The molecule has 2 N–H and O–H groups in total. The van der Waals surface area contributed by atoms with Crippen LogP contribution in [0.25, 0.3) is 0 Å². The summed E-state index contributed by atoms with van der Waals surface area (Å²) in [6, 6.07) is 17.2. The maximum absolute atomic E-state index is 9.29. The molecular weight excluding hydrogens is 441 g/mol. The number of phenolic OH excluding ortho intramolecular Hbond substituents is 1. The lowest BCUT2D eigenvalue weighted by molar-refractivity contribution is 0.281. The lowest BCUT2D eigenvalue weighted by Crippen LogP contribution is -2.41. The van der Waals surface area contributed by atoms with E-state index in [0.717, 1.165) is 37.6 Å². The lowest BCUT2D eigenvalue weighted by Gasteiger charge is -2.22. The van der Waals surface area contributed by atoms with Crippen LogP contribution in [-0.2, 0) is 6.42 Å². The number of hydrogen-bond acceptors (Lipinski definition) is 3. The molecule has 5 nitrogen and oxygen atoms in total. The number of halogens is 1. The number of para-hydroxylation sites is 1. The highest BCUT2D eigenvalue weighted by atomic mass is 127. The van der Waals surface area contributed by atoms with E-state index in [-0.39, 0.29) is 24.0 Å². The maximum Gasteiger partial charge on any atom is 0.193 e. The molecule has 2 aromatic carbocycles. The number of aliphatic imine (C=N–C) groups is 1. The van der Waals surface area contributed by atoms with Gasteiger partial charge in [0.1, 0.15) is 18.1 Å². The van der Waals surface area contributed by atoms with Crippen LogP contribution in [0.4, 0.5) is 0 Å². The van der Waals surface area contributed by atoms with Crippen LogP contribution < -0.4 is 10.1 Å². The Bertz CT molecular complexity index is 648. The minimum absolute atomic E-state index is 0. The summed E-state index contributed by atoms with van der Waals surface area (Å²) < 4.78 is 5.72. The molecule has 0 aromatic heterocycles. The van der Waals surface area contributed by atoms with Crippen molar-refractivity contribution in [3.05, 3.63) is 60.2 Å². The van der Waals surface area contributed by atoms with Crippen molar-refractivity contribution in [2.75, 3.05) is 33.8 Å². The minimum atomic E-state index is 0. The van der Waals surface area contributed by atoms with Gasteiger partial charge < -0.3 is 20.1 Å². The topological polar surface area (TPSA) is 57.1 Å². The SMILES string of the molecule is CN=C(NCCCc1ccc(O)cc1)N(C)CCOc1ccccc1.I. The second kappa shape index (κ2) is 12.4. The van der Waals surface area contributed by atoms with Gasteiger partial charge in [0.15, 0.2) is 5.96 Å². The molecule has 0 unspecified atom stereocenters. The fourth-order valence-corrected chi connectivity index (χ4v) is 2.46. The normalized spacial score (nSPS) is 10.8. The largest absolute Gasteiger partial charge is 0.508 e. The summed E-state index contributed by atoms with van der Waals surface area (Å²) in [5.74, 6) is 2.05. The summed E-state index contributed by atoms with van der Waals surface area (Å²) >= 11 is 0. The van der Waals surface area contributed by atoms with E-state index < -0.39 is 0 Å². The summed E-state index contributed by atoms with van der Waals surface area (Å²) in [6.45, 7) is 2.21. The predicted octanol–water partition coefficient (Wildman–Crippen LogP) is 3.53. The average Bonchev–Trinajstić information content (AvgIpc) is 2.64. The number of ether oxygens (including phenoxy) is 1. The predicted molar refractivity (Wildman–Crippen MR) is 118 cm³/mol. The first kappa shape index (κ1) is 22.1. The average molecular weight is 469 g/mol. The Balaban J connectivity index is 0.00000338. The third-order valence-corrected chi connectivity index (χ3v) is 3.87. The molecule has 0 aliphatic heterocycles. The number of benzene rings is 2. The Kier molecular flexibility index (Phi) is 10.5. The van der Waals surface area contributed by atoms with Gasteiger partial charge >= 0.3 is 0 Å². The van der Waals surface area contributed by atoms with Gasteiger partial charge in [0, 0.05) is 20.6 Å². The fraction of sp³-hybridized carbons (Fsp3) is 0.350. The third-order valence-electron chi connectivity index (χ3n) is 3.87. The van der Waals surface area contributed by atoms with E-state index in [1.807, 2.05) is 49.5 Å². The third kappa shape index (κ3) is 7.95. The molecule has 0 atom stereocenters. The summed E-state index contributed by atoms with van der Waals surface area (Å²) in [7, 11) is 3.79. The van der Waals surface area contributed by atoms with Crippen molar-refractivity contribution in [3.63, 3.8) is 0 Å². The summed E-state index contributed by atoms with van der Waals surface area (Å²) in [6.07, 6.45) is 1.96. The molecule has 6 heteroatoms. The summed E-state index contributed by atoms with van der Waals surface area (Å²) in [5, 5.41) is 12.7. The molecule has 0 radical (unpaired) electrons. The van der Waals surface area contributed by atoms with Crippen LogP contribution in [0, 0.1) is 0 Å². The number of aromatic hydroxyl groups is 1. The molecule has 26 heavy (non-hydrogen) atoms. The number of likely N-dealkylation sites (N-methyl/N-ethyl adjacent to an activating group) is 1. The van der Waals surface area contributed by atoms with Crippen molar-refractivity contribution in [1.82, 2.24) is 10.2 Å². The molecule has 0 fully saturated rings. The van der Waals surface area contributed by atoms with Gasteiger partial charge in [-0.3, -0.25) is 4.99 Å². The molecule has 142 valence electrons. The Labute approximate surface area is 173 Å². The fourth-order valence-electron chi connectivity index (χ4n) is 2.46. The summed E-state index contributed by atoms with van der Waals surface area (Å²) in [5.41, 5.74) is 1.22. The molecule has 0 bridgehead atoms. The Hall–Kier alpha value is -1.96. The van der Waals surface area contributed by atoms with Crippen molar-refractivity contribution in [2.24, 2.45) is 4.99 Å². The standard InChI is InChI=1S/C20H27N3O2.HI/c1-21-20(22-14-6-7-17-10-12-18(24)13-11-17)23(2)15-16-25-19-8-4-3-5-9-19;/h3-5,8-13,24H,6-7,14-16H2,1-2H3,(H,21,22);1H. The highest BCUT2D eigenvalue weighted by Gasteiger charge is 2.05. The van der Waals surface area contributed by atoms with Crippen LogP contribution in [0.1, 0.15) is 12.0 Å². The van der Waals surface area contributed by atoms with E-state index in [9.17, 15) is 5.11 Å². The van der Waals surface area contributed by atoms with Crippen LogP contribution in [0.5, 0.6) is 11.5 Å². The van der Waals surface area contributed by atoms with Crippen molar-refractivity contribution in [2.45, 2.75) is 12.8 Å². The van der Waals surface area contributed by atoms with Crippen molar-refractivity contribution in [1.29, 1.82) is 0 Å². The molecule has 0 amide bonds. The minimum Gasteiger partial charge on any atom is -0.508 e. The maximum atomic E-state index is 9.29. The van der Waals surface area contributed by atoms with Gasteiger partial charge in [-0.1, -0.05) is 30.3 Å². The van der Waals surface area contributed by atoms with Crippen LogP contribution in [-0.4, -0.2) is 49.8 Å². The highest BCUT2D eigenvalue weighted by molar-refractivity contribution is 14.0. The summed E-state index contributed by atoms with van der Waals surface area (Å²) in [4.78, 5) is 6.37. The Morgan fingerprint density at radius 3 is 2.46 bits per heavy atom. The van der Waals surface area contributed by atoms with Gasteiger partial charge in [0.2, 0.25) is 0 Å². The Morgan fingerprint density at radius 1 is 1.12 bits per heavy atom. The van der Waals surface area contributed by atoms with E-state index in [0.29, 0.717) is 12.4 Å². The smallest absolute Gasteiger partial charge is 0.193 e. The molecule has 2 rings (SSSR count). The second-order valence-electron chi connectivity index (χ2n) is 5.83. The first-order chi connectivity index (χ1) is 12.2. The molecule has 0 spiro atoms. The molecule has 0 aliphatic carbocycles. The Morgan fingerprint density at radius 2 is 1.81 bits per heavy atom. The first-order valence-corrected chi connectivity index (χ1v) is 8.56. The molecule has 0 aliphatic rings. The number of nitrogens with zero attached hydrogens (tertiary/aromatic N) is 2. The van der Waals surface area contributed by atoms with E-state index in [4.69, 9.17) is 4.74 Å². The van der Waals surface area contributed by atoms with Crippen molar-refractivity contribution in [3.8, 4) is 11.5 Å². The van der Waals surface area contributed by atoms with Gasteiger partial charge in [0.05, 0.1) is 6.54 Å². The van der Waals surface area contributed by atoms with E-state index in [1.165, 1.54) is 5.56 Å². The number of rotatable bonds is 8. The zero-order chi connectivity index (χ0) is 17.9. The quantitative estimate of drug-likeness (QED) is 0.269. The number of hydrogen-bond donors (Lipinski definition) is 2. The molecule has 0 saturated heterocycles. The molecule has 0 saturated carbocycles. The van der Waals surface area contributed by atoms with Crippen LogP contribution in [0.2, 0.25) is 0 Å². The number of aryl methyl sites for hydroxylation is 1. The number of phenols is 1. The van der Waals surface area contributed by atoms with E-state index in [2.05, 4.69) is 15.2 Å². The molecule has 0 heterocycles. The molecule has 2 aromatic rings. The number of guanidine groups is 1. The lowest BCUT2D eigenvalue weighted by atomic mass is 10.1. The second-order valence-corrected chi connectivity index (χ2v) is 5.83.